The molecule has 0 aromatic rings. The Kier molecular flexibility index (Phi) is 2.05. The van der Waals surface area contributed by atoms with Crippen LogP contribution < -0.4 is 0 Å². The number of hydrogen-bond donors (Lipinski definition) is 0. The van der Waals surface area contributed by atoms with Crippen molar-refractivity contribution in [3.05, 3.63) is 0 Å². The first-order valence-corrected chi connectivity index (χ1v) is 3.04. The van der Waals surface area contributed by atoms with Crippen LogP contribution in [-0.2, 0) is 14.3 Å². The van der Waals surface area contributed by atoms with E-state index < -0.39 is 0 Å². The summed E-state index contributed by atoms with van der Waals surface area (Å²) >= 11 is 0. The predicted octanol–water partition coefficient (Wildman–Crippen LogP) is 0.338. The molecule has 0 aromatic carbocycles. The van der Waals surface area contributed by atoms with E-state index >= 15 is 0 Å². The maximum Gasteiger partial charge on any atom is 0.334 e. The SMILES string of the molecule is COC(=O)[C@@H]1CCCO1. The summed E-state index contributed by atoms with van der Waals surface area (Å²) < 4.78 is 9.50. The van der Waals surface area contributed by atoms with Crippen molar-refractivity contribution in [1.82, 2.24) is 0 Å². The third-order valence-electron chi connectivity index (χ3n) is 1.39. The van der Waals surface area contributed by atoms with Crippen LogP contribution in [0.5, 0.6) is 0 Å². The number of esters is 1. The van der Waals surface area contributed by atoms with E-state index in [4.69, 9.17) is 4.74 Å². The molecule has 1 aliphatic rings. The van der Waals surface area contributed by atoms with Gasteiger partial charge < -0.3 is 9.47 Å². The van der Waals surface area contributed by atoms with Crippen molar-refractivity contribution in [3.63, 3.8) is 0 Å². The Balaban J connectivity index is 2.32. The average molecular weight is 130 g/mol. The smallest absolute Gasteiger partial charge is 0.334 e. The molecule has 0 saturated carbocycles. The number of carbonyl (C=O) groups excluding carboxylic acids is 1. The van der Waals surface area contributed by atoms with E-state index in [1.165, 1.54) is 7.11 Å². The van der Waals surface area contributed by atoms with Crippen LogP contribution in [0.15, 0.2) is 0 Å². The maximum absolute atomic E-state index is 10.7. The largest absolute Gasteiger partial charge is 0.467 e. The fourth-order valence-electron chi connectivity index (χ4n) is 0.895. The zero-order valence-corrected chi connectivity index (χ0v) is 5.42. The minimum absolute atomic E-state index is 0.243. The molecule has 3 nitrogen and oxygen atoms in total. The lowest BCUT2D eigenvalue weighted by molar-refractivity contribution is -0.151. The van der Waals surface area contributed by atoms with Gasteiger partial charge in [-0.25, -0.2) is 4.79 Å². The van der Waals surface area contributed by atoms with Gasteiger partial charge in [-0.2, -0.15) is 0 Å². The van der Waals surface area contributed by atoms with Gasteiger partial charge in [-0.05, 0) is 12.8 Å². The molecule has 0 aliphatic carbocycles. The Hall–Kier alpha value is -0.570. The summed E-state index contributed by atoms with van der Waals surface area (Å²) in [5.74, 6) is -0.243. The lowest BCUT2D eigenvalue weighted by atomic mass is 10.2. The summed E-state index contributed by atoms with van der Waals surface area (Å²) in [4.78, 5) is 10.7. The maximum atomic E-state index is 10.7. The Morgan fingerprint density at radius 2 is 2.56 bits per heavy atom. The number of carbonyl (C=O) groups is 1. The molecular weight excluding hydrogens is 120 g/mol. The summed E-state index contributed by atoms with van der Waals surface area (Å²) in [6.07, 6.45) is 1.50. The third kappa shape index (κ3) is 1.42. The topological polar surface area (TPSA) is 35.5 Å². The van der Waals surface area contributed by atoms with E-state index in [0.717, 1.165) is 12.8 Å². The van der Waals surface area contributed by atoms with Gasteiger partial charge in [0.2, 0.25) is 0 Å². The molecule has 0 N–H and O–H groups in total. The number of rotatable bonds is 1. The molecule has 52 valence electrons. The van der Waals surface area contributed by atoms with Crippen molar-refractivity contribution >= 4 is 5.97 Å². The summed E-state index contributed by atoms with van der Waals surface area (Å²) in [5.41, 5.74) is 0. The van der Waals surface area contributed by atoms with Crippen molar-refractivity contribution in [1.29, 1.82) is 0 Å². The van der Waals surface area contributed by atoms with Gasteiger partial charge in [0.15, 0.2) is 6.10 Å². The molecule has 9 heavy (non-hydrogen) atoms. The van der Waals surface area contributed by atoms with Crippen LogP contribution >= 0.6 is 0 Å². The lowest BCUT2D eigenvalue weighted by Gasteiger charge is -2.04. The summed E-state index contributed by atoms with van der Waals surface area (Å²) in [6, 6.07) is 0. The van der Waals surface area contributed by atoms with E-state index in [-0.39, 0.29) is 12.1 Å². The van der Waals surface area contributed by atoms with E-state index in [0.29, 0.717) is 6.61 Å². The van der Waals surface area contributed by atoms with Crippen molar-refractivity contribution in [2.45, 2.75) is 18.9 Å². The highest BCUT2D eigenvalue weighted by atomic mass is 16.6. The summed E-state index contributed by atoms with van der Waals surface area (Å²) in [6.45, 7) is 0.694. The second kappa shape index (κ2) is 2.82. The van der Waals surface area contributed by atoms with Gasteiger partial charge >= 0.3 is 5.97 Å². The highest BCUT2D eigenvalue weighted by Crippen LogP contribution is 2.12. The summed E-state index contributed by atoms with van der Waals surface area (Å²) in [7, 11) is 1.38. The number of ether oxygens (including phenoxy) is 2. The van der Waals surface area contributed by atoms with Gasteiger partial charge in [0.25, 0.3) is 0 Å². The van der Waals surface area contributed by atoms with Gasteiger partial charge in [0.1, 0.15) is 0 Å². The average Bonchev–Trinajstić information content (AvgIpc) is 2.37. The molecule has 0 spiro atoms. The molecule has 0 unspecified atom stereocenters. The monoisotopic (exact) mass is 130 g/mol. The minimum Gasteiger partial charge on any atom is -0.467 e. The Bertz CT molecular complexity index is 105. The van der Waals surface area contributed by atoms with Gasteiger partial charge in [-0.15, -0.1) is 0 Å². The van der Waals surface area contributed by atoms with E-state index in [1.807, 2.05) is 0 Å². The number of methoxy groups -OCH3 is 1. The van der Waals surface area contributed by atoms with Crippen LogP contribution in [0.1, 0.15) is 12.8 Å². The number of hydrogen-bond acceptors (Lipinski definition) is 3. The van der Waals surface area contributed by atoms with Crippen LogP contribution in [0.4, 0.5) is 0 Å². The molecule has 1 aliphatic heterocycles. The first-order valence-electron chi connectivity index (χ1n) is 3.04. The van der Waals surface area contributed by atoms with Crippen LogP contribution in [0.2, 0.25) is 0 Å². The zero-order valence-electron chi connectivity index (χ0n) is 5.42. The Labute approximate surface area is 53.9 Å². The van der Waals surface area contributed by atoms with Crippen molar-refractivity contribution in [3.8, 4) is 0 Å². The van der Waals surface area contributed by atoms with Crippen molar-refractivity contribution in [2.75, 3.05) is 13.7 Å². The molecule has 0 aromatic heterocycles. The molecule has 3 heteroatoms. The molecule has 0 bridgehead atoms. The molecule has 1 rings (SSSR count). The first-order chi connectivity index (χ1) is 4.34. The van der Waals surface area contributed by atoms with Gasteiger partial charge in [-0.3, -0.25) is 0 Å². The highest BCUT2D eigenvalue weighted by molar-refractivity contribution is 5.74. The molecule has 1 saturated heterocycles. The van der Waals surface area contributed by atoms with Gasteiger partial charge in [-0.1, -0.05) is 0 Å². The Morgan fingerprint density at radius 3 is 3.00 bits per heavy atom. The fourth-order valence-corrected chi connectivity index (χ4v) is 0.895. The Morgan fingerprint density at radius 1 is 1.78 bits per heavy atom. The predicted molar refractivity (Wildman–Crippen MR) is 31.0 cm³/mol. The van der Waals surface area contributed by atoms with E-state index in [2.05, 4.69) is 4.74 Å². The van der Waals surface area contributed by atoms with Gasteiger partial charge in [0, 0.05) is 6.61 Å². The molecule has 0 amide bonds. The second-order valence-electron chi connectivity index (χ2n) is 2.02. The van der Waals surface area contributed by atoms with Crippen LogP contribution in [0, 0.1) is 0 Å². The minimum atomic E-state index is -0.282. The molecule has 1 atom stereocenters. The zero-order chi connectivity index (χ0) is 6.69. The molecular formula is C6H10O3. The van der Waals surface area contributed by atoms with Crippen LogP contribution in [-0.4, -0.2) is 25.8 Å². The molecule has 0 radical (unpaired) electrons. The first kappa shape index (κ1) is 6.55. The second-order valence-corrected chi connectivity index (χ2v) is 2.02. The molecule has 1 fully saturated rings. The van der Waals surface area contributed by atoms with Crippen LogP contribution in [0.3, 0.4) is 0 Å². The molecule has 1 heterocycles. The van der Waals surface area contributed by atoms with E-state index in [9.17, 15) is 4.79 Å². The lowest BCUT2D eigenvalue weighted by Crippen LogP contribution is -2.20. The standard InChI is InChI=1S/C6H10O3/c1-8-6(7)5-3-2-4-9-5/h5H,2-4H2,1H3/t5-/m0/s1. The highest BCUT2D eigenvalue weighted by Gasteiger charge is 2.23. The third-order valence-corrected chi connectivity index (χ3v) is 1.39. The summed E-state index contributed by atoms with van der Waals surface area (Å²) in [5, 5.41) is 0. The fraction of sp³-hybridized carbons (Fsp3) is 0.833. The van der Waals surface area contributed by atoms with Crippen molar-refractivity contribution < 1.29 is 14.3 Å². The van der Waals surface area contributed by atoms with Gasteiger partial charge in [0.05, 0.1) is 7.11 Å². The van der Waals surface area contributed by atoms with E-state index in [1.54, 1.807) is 0 Å². The normalized spacial score (nSPS) is 26.1. The van der Waals surface area contributed by atoms with Crippen molar-refractivity contribution in [2.24, 2.45) is 0 Å². The van der Waals surface area contributed by atoms with Crippen LogP contribution in [0.25, 0.3) is 0 Å². The quantitative estimate of drug-likeness (QED) is 0.480.